The molecule has 0 bridgehead atoms. The lowest BCUT2D eigenvalue weighted by atomic mass is 9.79. The van der Waals surface area contributed by atoms with Crippen LogP contribution in [-0.4, -0.2) is 43.1 Å². The normalized spacial score (nSPS) is 23.8. The van der Waals surface area contributed by atoms with Crippen molar-refractivity contribution in [3.63, 3.8) is 0 Å². The van der Waals surface area contributed by atoms with E-state index in [0.717, 1.165) is 37.1 Å². The van der Waals surface area contributed by atoms with Gasteiger partial charge in [-0.3, -0.25) is 0 Å². The van der Waals surface area contributed by atoms with Crippen LogP contribution in [0.2, 0.25) is 5.02 Å². The molecule has 0 spiro atoms. The summed E-state index contributed by atoms with van der Waals surface area (Å²) in [5.41, 5.74) is 1.26. The summed E-state index contributed by atoms with van der Waals surface area (Å²) in [6, 6.07) is 6.10. The standard InChI is InChI=1S/C18H27BClNO3/c1-17(2)18(3,4)24-19(23-17)15-6-5-14(11-16(15)20)21-9-7-13(12-22)8-10-21/h5-6,11,13,22H,7-10,12H2,1-4H3. The first kappa shape index (κ1) is 18.1. The molecule has 4 nitrogen and oxygen atoms in total. The van der Waals surface area contributed by atoms with Crippen molar-refractivity contribution in [2.75, 3.05) is 24.6 Å². The molecule has 0 radical (unpaired) electrons. The molecule has 1 aromatic carbocycles. The van der Waals surface area contributed by atoms with Gasteiger partial charge in [0.15, 0.2) is 0 Å². The Morgan fingerprint density at radius 1 is 1.17 bits per heavy atom. The Morgan fingerprint density at radius 2 is 1.75 bits per heavy atom. The van der Waals surface area contributed by atoms with E-state index >= 15 is 0 Å². The Balaban J connectivity index is 1.74. The molecule has 0 amide bonds. The number of benzene rings is 1. The van der Waals surface area contributed by atoms with Crippen LogP contribution >= 0.6 is 11.6 Å². The van der Waals surface area contributed by atoms with Gasteiger partial charge in [-0.25, -0.2) is 0 Å². The van der Waals surface area contributed by atoms with E-state index in [9.17, 15) is 5.11 Å². The quantitative estimate of drug-likeness (QED) is 0.850. The van der Waals surface area contributed by atoms with E-state index < -0.39 is 7.12 Å². The van der Waals surface area contributed by atoms with Gasteiger partial charge in [0, 0.05) is 35.9 Å². The molecule has 2 fully saturated rings. The summed E-state index contributed by atoms with van der Waals surface area (Å²) in [6.45, 7) is 10.4. The summed E-state index contributed by atoms with van der Waals surface area (Å²) in [5.74, 6) is 0.431. The maximum atomic E-state index is 9.27. The average Bonchev–Trinajstić information content (AvgIpc) is 2.75. The lowest BCUT2D eigenvalue weighted by Crippen LogP contribution is -2.41. The molecule has 2 aliphatic heterocycles. The summed E-state index contributed by atoms with van der Waals surface area (Å²) < 4.78 is 12.2. The average molecular weight is 352 g/mol. The van der Waals surface area contributed by atoms with Gasteiger partial charge in [-0.15, -0.1) is 0 Å². The second-order valence-corrected chi connectivity index (χ2v) is 8.31. The van der Waals surface area contributed by atoms with Crippen molar-refractivity contribution in [3.05, 3.63) is 23.2 Å². The number of nitrogens with zero attached hydrogens (tertiary/aromatic N) is 1. The van der Waals surface area contributed by atoms with Gasteiger partial charge >= 0.3 is 7.12 Å². The van der Waals surface area contributed by atoms with Crippen LogP contribution < -0.4 is 10.4 Å². The molecule has 0 unspecified atom stereocenters. The molecule has 6 heteroatoms. The number of halogens is 1. The van der Waals surface area contributed by atoms with Gasteiger partial charge in [-0.2, -0.15) is 0 Å². The Kier molecular flexibility index (Phi) is 4.91. The molecule has 3 rings (SSSR count). The van der Waals surface area contributed by atoms with E-state index in [1.165, 1.54) is 0 Å². The lowest BCUT2D eigenvalue weighted by Gasteiger charge is -2.33. The molecule has 1 aromatic rings. The molecular formula is C18H27BClNO3. The summed E-state index contributed by atoms with van der Waals surface area (Å²) in [6.07, 6.45) is 2.04. The van der Waals surface area contributed by atoms with Crippen LogP contribution in [0.15, 0.2) is 18.2 Å². The third-order valence-corrected chi connectivity index (χ3v) is 6.06. The van der Waals surface area contributed by atoms with Gasteiger partial charge < -0.3 is 19.3 Å². The summed E-state index contributed by atoms with van der Waals surface area (Å²) in [4.78, 5) is 2.33. The zero-order valence-electron chi connectivity index (χ0n) is 15.0. The predicted molar refractivity (Wildman–Crippen MR) is 99.2 cm³/mol. The largest absolute Gasteiger partial charge is 0.496 e. The van der Waals surface area contributed by atoms with Crippen molar-refractivity contribution in [1.29, 1.82) is 0 Å². The maximum absolute atomic E-state index is 9.27. The zero-order valence-corrected chi connectivity index (χ0v) is 15.8. The fourth-order valence-electron chi connectivity index (χ4n) is 3.25. The molecule has 132 valence electrons. The van der Waals surface area contributed by atoms with Crippen molar-refractivity contribution in [3.8, 4) is 0 Å². The number of hydrogen-bond donors (Lipinski definition) is 1. The highest BCUT2D eigenvalue weighted by Gasteiger charge is 2.52. The number of aliphatic hydroxyl groups excluding tert-OH is 1. The molecule has 2 aliphatic rings. The number of rotatable bonds is 3. The van der Waals surface area contributed by atoms with Crippen molar-refractivity contribution in [2.24, 2.45) is 5.92 Å². The van der Waals surface area contributed by atoms with Crippen LogP contribution in [0.25, 0.3) is 0 Å². The SMILES string of the molecule is CC1(C)OB(c2ccc(N3CCC(CO)CC3)cc2Cl)OC1(C)C. The summed E-state index contributed by atoms with van der Waals surface area (Å²) in [5, 5.41) is 9.94. The van der Waals surface area contributed by atoms with Crippen LogP contribution in [0.5, 0.6) is 0 Å². The summed E-state index contributed by atoms with van der Waals surface area (Å²) in [7, 11) is -0.434. The van der Waals surface area contributed by atoms with Crippen LogP contribution in [0.4, 0.5) is 5.69 Å². The van der Waals surface area contributed by atoms with E-state index in [4.69, 9.17) is 20.9 Å². The Bertz CT molecular complexity index is 584. The number of aliphatic hydroxyl groups is 1. The minimum absolute atomic E-state index is 0.287. The molecule has 0 atom stereocenters. The maximum Gasteiger partial charge on any atom is 0.496 e. The number of anilines is 1. The zero-order chi connectivity index (χ0) is 17.5. The van der Waals surface area contributed by atoms with E-state index in [2.05, 4.69) is 11.0 Å². The fraction of sp³-hybridized carbons (Fsp3) is 0.667. The molecule has 0 aromatic heterocycles. The van der Waals surface area contributed by atoms with Gasteiger partial charge in [0.1, 0.15) is 0 Å². The minimum atomic E-state index is -0.434. The monoisotopic (exact) mass is 351 g/mol. The lowest BCUT2D eigenvalue weighted by molar-refractivity contribution is 0.00578. The Hall–Kier alpha value is -0.745. The first-order valence-corrected chi connectivity index (χ1v) is 9.12. The van der Waals surface area contributed by atoms with E-state index in [1.54, 1.807) is 0 Å². The topological polar surface area (TPSA) is 41.9 Å². The van der Waals surface area contributed by atoms with Gasteiger partial charge in [0.05, 0.1) is 11.2 Å². The highest BCUT2D eigenvalue weighted by atomic mass is 35.5. The third-order valence-electron chi connectivity index (χ3n) is 5.73. The van der Waals surface area contributed by atoms with Crippen molar-refractivity contribution < 1.29 is 14.4 Å². The van der Waals surface area contributed by atoms with Crippen molar-refractivity contribution in [2.45, 2.75) is 51.7 Å². The number of piperidine rings is 1. The molecule has 1 N–H and O–H groups in total. The fourth-order valence-corrected chi connectivity index (χ4v) is 3.51. The highest BCUT2D eigenvalue weighted by molar-refractivity contribution is 6.65. The van der Waals surface area contributed by atoms with Gasteiger partial charge in [0.25, 0.3) is 0 Å². The van der Waals surface area contributed by atoms with E-state index in [0.29, 0.717) is 10.9 Å². The van der Waals surface area contributed by atoms with Gasteiger partial charge in [0.2, 0.25) is 0 Å². The summed E-state index contributed by atoms with van der Waals surface area (Å²) >= 11 is 6.54. The molecule has 0 aliphatic carbocycles. The molecule has 0 saturated carbocycles. The van der Waals surface area contributed by atoms with Crippen LogP contribution in [-0.2, 0) is 9.31 Å². The van der Waals surface area contributed by atoms with Crippen molar-refractivity contribution in [1.82, 2.24) is 0 Å². The van der Waals surface area contributed by atoms with Gasteiger partial charge in [-0.1, -0.05) is 17.7 Å². The van der Waals surface area contributed by atoms with Gasteiger partial charge in [-0.05, 0) is 58.6 Å². The minimum Gasteiger partial charge on any atom is -0.399 e. The first-order valence-electron chi connectivity index (χ1n) is 8.74. The first-order chi connectivity index (χ1) is 11.2. The van der Waals surface area contributed by atoms with Crippen molar-refractivity contribution >= 4 is 29.9 Å². The second-order valence-electron chi connectivity index (χ2n) is 7.91. The predicted octanol–water partition coefficient (Wildman–Crippen LogP) is 2.85. The molecule has 2 heterocycles. The van der Waals surface area contributed by atoms with Crippen LogP contribution in [0.3, 0.4) is 0 Å². The second kappa shape index (κ2) is 6.52. The Labute approximate surface area is 150 Å². The van der Waals surface area contributed by atoms with E-state index in [-0.39, 0.29) is 17.8 Å². The molecule has 2 saturated heterocycles. The van der Waals surface area contributed by atoms with Crippen LogP contribution in [0, 0.1) is 5.92 Å². The molecule has 24 heavy (non-hydrogen) atoms. The highest BCUT2D eigenvalue weighted by Crippen LogP contribution is 2.37. The Morgan fingerprint density at radius 3 is 2.25 bits per heavy atom. The van der Waals surface area contributed by atoms with Crippen LogP contribution in [0.1, 0.15) is 40.5 Å². The van der Waals surface area contributed by atoms with E-state index in [1.807, 2.05) is 39.8 Å². The number of hydrogen-bond acceptors (Lipinski definition) is 4. The molecular weight excluding hydrogens is 324 g/mol. The third kappa shape index (κ3) is 3.32. The smallest absolute Gasteiger partial charge is 0.399 e.